The molecular formula is C22H25FN2O. The molecule has 2 unspecified atom stereocenters. The maximum absolute atomic E-state index is 14.1. The van der Waals surface area contributed by atoms with E-state index in [1.54, 1.807) is 13.0 Å². The van der Waals surface area contributed by atoms with Gasteiger partial charge in [0.15, 0.2) is 11.6 Å². The molecule has 2 saturated heterocycles. The van der Waals surface area contributed by atoms with Crippen molar-refractivity contribution in [1.29, 1.82) is 0 Å². The minimum Gasteiger partial charge on any atom is -0.293 e. The Morgan fingerprint density at radius 2 is 1.81 bits per heavy atom. The number of fused-ring (bicyclic) bond motifs is 2. The van der Waals surface area contributed by atoms with Crippen molar-refractivity contribution in [2.45, 2.75) is 57.7 Å². The normalized spacial score (nSPS) is 25.8. The minimum atomic E-state index is -0.488. The fourth-order valence-electron chi connectivity index (χ4n) is 4.65. The van der Waals surface area contributed by atoms with Crippen molar-refractivity contribution in [1.82, 2.24) is 9.88 Å². The summed E-state index contributed by atoms with van der Waals surface area (Å²) in [7, 11) is 0. The fourth-order valence-corrected chi connectivity index (χ4v) is 4.65. The third kappa shape index (κ3) is 3.43. The van der Waals surface area contributed by atoms with Gasteiger partial charge in [0.05, 0.1) is 0 Å². The Bertz CT molecular complexity index is 778. The highest BCUT2D eigenvalue weighted by Gasteiger charge is 2.41. The smallest absolute Gasteiger partial charge is 0.187 e. The van der Waals surface area contributed by atoms with Crippen molar-refractivity contribution in [3.63, 3.8) is 0 Å². The van der Waals surface area contributed by atoms with Gasteiger partial charge in [0.1, 0.15) is 5.69 Å². The molecule has 3 nitrogen and oxygen atoms in total. The first-order valence-electron chi connectivity index (χ1n) is 9.59. The molecule has 1 aromatic carbocycles. The number of ketones is 1. The van der Waals surface area contributed by atoms with E-state index in [2.05, 4.69) is 34.1 Å². The maximum Gasteiger partial charge on any atom is 0.187 e. The molecular weight excluding hydrogens is 327 g/mol. The van der Waals surface area contributed by atoms with Gasteiger partial charge in [-0.3, -0.25) is 9.69 Å². The topological polar surface area (TPSA) is 33.2 Å². The van der Waals surface area contributed by atoms with E-state index in [1.165, 1.54) is 18.1 Å². The Kier molecular flexibility index (Phi) is 4.86. The van der Waals surface area contributed by atoms with Gasteiger partial charge in [-0.1, -0.05) is 36.8 Å². The number of aryl methyl sites for hydroxylation is 1. The van der Waals surface area contributed by atoms with Crippen molar-refractivity contribution in [2.24, 2.45) is 5.92 Å². The summed E-state index contributed by atoms with van der Waals surface area (Å²) >= 11 is 0. The summed E-state index contributed by atoms with van der Waals surface area (Å²) in [5.74, 6) is -0.707. The summed E-state index contributed by atoms with van der Waals surface area (Å²) in [5.41, 5.74) is 2.04. The van der Waals surface area contributed by atoms with Crippen molar-refractivity contribution in [3.8, 4) is 0 Å². The molecule has 26 heavy (non-hydrogen) atoms. The lowest BCUT2D eigenvalue weighted by molar-refractivity contribution is 0.00878. The molecule has 2 aliphatic rings. The number of aromatic nitrogens is 1. The van der Waals surface area contributed by atoms with Crippen LogP contribution in [-0.4, -0.2) is 27.8 Å². The van der Waals surface area contributed by atoms with Crippen LogP contribution in [-0.2, 0) is 6.54 Å². The van der Waals surface area contributed by atoms with E-state index in [1.807, 2.05) is 6.07 Å². The standard InChI is InChI=1S/C22H25FN2O/c1-15-10-11-20(23)21(24-15)22(26)17-12-18-8-5-9-19(13-17)25(18)14-16-6-3-2-4-7-16/h2-4,6-7,10-11,17-19H,5,8-9,12-14H2,1H3. The number of Topliss-reactive ketones (excluding diaryl/α,β-unsaturated/α-hetero) is 1. The molecule has 0 radical (unpaired) electrons. The first kappa shape index (κ1) is 17.3. The molecule has 2 fully saturated rings. The van der Waals surface area contributed by atoms with E-state index >= 15 is 0 Å². The summed E-state index contributed by atoms with van der Waals surface area (Å²) in [6, 6.07) is 14.3. The quantitative estimate of drug-likeness (QED) is 0.757. The largest absolute Gasteiger partial charge is 0.293 e. The number of benzene rings is 1. The Morgan fingerprint density at radius 1 is 1.12 bits per heavy atom. The lowest BCUT2D eigenvalue weighted by atomic mass is 9.76. The number of hydrogen-bond donors (Lipinski definition) is 0. The van der Waals surface area contributed by atoms with E-state index in [-0.39, 0.29) is 17.4 Å². The maximum atomic E-state index is 14.1. The van der Waals surface area contributed by atoms with Crippen molar-refractivity contribution >= 4 is 5.78 Å². The van der Waals surface area contributed by atoms with E-state index in [0.29, 0.717) is 17.8 Å². The number of pyridine rings is 1. The van der Waals surface area contributed by atoms with Gasteiger partial charge >= 0.3 is 0 Å². The van der Waals surface area contributed by atoms with E-state index in [9.17, 15) is 9.18 Å². The average Bonchev–Trinajstić information content (AvgIpc) is 2.64. The van der Waals surface area contributed by atoms with Gasteiger partial charge in [-0.2, -0.15) is 0 Å². The summed E-state index contributed by atoms with van der Waals surface area (Å²) in [6.07, 6.45) is 5.10. The Labute approximate surface area is 154 Å². The molecule has 0 amide bonds. The zero-order chi connectivity index (χ0) is 18.1. The van der Waals surface area contributed by atoms with Crippen LogP contribution in [0.4, 0.5) is 4.39 Å². The molecule has 4 heteroatoms. The Hall–Kier alpha value is -2.07. The van der Waals surface area contributed by atoms with Crippen LogP contribution in [0.5, 0.6) is 0 Å². The van der Waals surface area contributed by atoms with Gasteiger partial charge in [-0.05, 0) is 50.3 Å². The number of hydrogen-bond acceptors (Lipinski definition) is 3. The van der Waals surface area contributed by atoms with Gasteiger partial charge in [-0.25, -0.2) is 9.37 Å². The molecule has 136 valence electrons. The van der Waals surface area contributed by atoms with Crippen molar-refractivity contribution < 1.29 is 9.18 Å². The summed E-state index contributed by atoms with van der Waals surface area (Å²) < 4.78 is 14.1. The van der Waals surface area contributed by atoms with Crippen LogP contribution in [0.1, 0.15) is 53.8 Å². The third-order valence-electron chi connectivity index (χ3n) is 5.92. The van der Waals surface area contributed by atoms with Crippen LogP contribution in [0, 0.1) is 18.7 Å². The monoisotopic (exact) mass is 352 g/mol. The van der Waals surface area contributed by atoms with Crippen LogP contribution >= 0.6 is 0 Å². The van der Waals surface area contributed by atoms with Crippen molar-refractivity contribution in [2.75, 3.05) is 0 Å². The van der Waals surface area contributed by atoms with E-state index in [0.717, 1.165) is 32.2 Å². The third-order valence-corrected chi connectivity index (χ3v) is 5.92. The second-order valence-electron chi connectivity index (χ2n) is 7.71. The fraction of sp³-hybridized carbons (Fsp3) is 0.455. The average molecular weight is 352 g/mol. The predicted molar refractivity (Wildman–Crippen MR) is 99.4 cm³/mol. The molecule has 2 aliphatic heterocycles. The number of piperidine rings is 2. The lowest BCUT2D eigenvalue weighted by Crippen LogP contribution is -2.52. The minimum absolute atomic E-state index is 0.0320. The highest BCUT2D eigenvalue weighted by Crippen LogP contribution is 2.39. The van der Waals surface area contributed by atoms with E-state index < -0.39 is 5.82 Å². The molecule has 0 spiro atoms. The van der Waals surface area contributed by atoms with Gasteiger partial charge in [0, 0.05) is 30.2 Å². The summed E-state index contributed by atoms with van der Waals surface area (Å²) in [5, 5.41) is 0. The van der Waals surface area contributed by atoms with Crippen LogP contribution < -0.4 is 0 Å². The zero-order valence-corrected chi connectivity index (χ0v) is 15.2. The number of rotatable bonds is 4. The first-order chi connectivity index (χ1) is 12.6. The predicted octanol–water partition coefficient (Wildman–Crippen LogP) is 4.55. The van der Waals surface area contributed by atoms with Crippen LogP contribution in [0.3, 0.4) is 0 Å². The SMILES string of the molecule is Cc1ccc(F)c(C(=O)C2CC3CCCC(C2)N3Cc2ccccc2)n1. The molecule has 0 N–H and O–H groups in total. The highest BCUT2D eigenvalue weighted by atomic mass is 19.1. The lowest BCUT2D eigenvalue weighted by Gasteiger charge is -2.48. The molecule has 2 atom stereocenters. The first-order valence-corrected chi connectivity index (χ1v) is 9.59. The van der Waals surface area contributed by atoms with Crippen LogP contribution in [0.15, 0.2) is 42.5 Å². The summed E-state index contributed by atoms with van der Waals surface area (Å²) in [4.78, 5) is 19.7. The second-order valence-corrected chi connectivity index (χ2v) is 7.71. The van der Waals surface area contributed by atoms with Gasteiger partial charge < -0.3 is 0 Å². The highest BCUT2D eigenvalue weighted by molar-refractivity contribution is 5.96. The van der Waals surface area contributed by atoms with Gasteiger partial charge in [0.2, 0.25) is 0 Å². The van der Waals surface area contributed by atoms with Gasteiger partial charge in [-0.15, -0.1) is 0 Å². The Morgan fingerprint density at radius 3 is 2.50 bits per heavy atom. The van der Waals surface area contributed by atoms with Crippen molar-refractivity contribution in [3.05, 3.63) is 65.2 Å². The number of halogens is 1. The molecule has 3 heterocycles. The van der Waals surface area contributed by atoms with Crippen LogP contribution in [0.2, 0.25) is 0 Å². The zero-order valence-electron chi connectivity index (χ0n) is 15.2. The van der Waals surface area contributed by atoms with Gasteiger partial charge in [0.25, 0.3) is 0 Å². The number of carbonyl (C=O) groups excluding carboxylic acids is 1. The van der Waals surface area contributed by atoms with E-state index in [4.69, 9.17) is 0 Å². The molecule has 1 aromatic heterocycles. The molecule has 4 rings (SSSR count). The van der Waals surface area contributed by atoms with Crippen LogP contribution in [0.25, 0.3) is 0 Å². The second kappa shape index (κ2) is 7.28. The molecule has 0 saturated carbocycles. The molecule has 2 aromatic rings. The summed E-state index contributed by atoms with van der Waals surface area (Å²) in [6.45, 7) is 2.74. The Balaban J connectivity index is 1.52. The number of nitrogens with zero attached hydrogens (tertiary/aromatic N) is 2. The molecule has 0 aliphatic carbocycles. The number of carbonyl (C=O) groups is 1. The molecule has 2 bridgehead atoms.